The van der Waals surface area contributed by atoms with E-state index < -0.39 is 10.0 Å². The van der Waals surface area contributed by atoms with Crippen LogP contribution in [0.15, 0.2) is 57.5 Å². The summed E-state index contributed by atoms with van der Waals surface area (Å²) in [5, 5.41) is 3.57. The molecule has 0 atom stereocenters. The van der Waals surface area contributed by atoms with Crippen molar-refractivity contribution < 1.29 is 13.2 Å². The Morgan fingerprint density at radius 3 is 2.80 bits per heavy atom. The quantitative estimate of drug-likeness (QED) is 0.776. The van der Waals surface area contributed by atoms with Crippen LogP contribution in [0.25, 0.3) is 0 Å². The van der Waals surface area contributed by atoms with Crippen molar-refractivity contribution >= 4 is 39.2 Å². The summed E-state index contributed by atoms with van der Waals surface area (Å²) < 4.78 is 26.3. The topological polar surface area (TPSA) is 101 Å². The van der Waals surface area contributed by atoms with Gasteiger partial charge in [0, 0.05) is 5.56 Å². The van der Waals surface area contributed by atoms with Gasteiger partial charge in [-0.25, -0.2) is 13.4 Å². The molecular formula is C16H16N4O3S2. The van der Waals surface area contributed by atoms with Crippen molar-refractivity contribution in [2.45, 2.75) is 16.8 Å². The van der Waals surface area contributed by atoms with Gasteiger partial charge in [-0.05, 0) is 30.0 Å². The fraction of sp³-hybridized carbons (Fsp3) is 0.188. The van der Waals surface area contributed by atoms with Crippen LogP contribution in [0, 0.1) is 0 Å². The highest BCUT2D eigenvalue weighted by Gasteiger charge is 2.30. The van der Waals surface area contributed by atoms with E-state index in [1.54, 1.807) is 42.2 Å². The first kappa shape index (κ1) is 17.4. The van der Waals surface area contributed by atoms with Crippen molar-refractivity contribution in [2.24, 2.45) is 4.99 Å². The molecule has 3 rings (SSSR count). The van der Waals surface area contributed by atoms with E-state index in [1.807, 2.05) is 13.0 Å². The van der Waals surface area contributed by atoms with Crippen LogP contribution in [0.5, 0.6) is 0 Å². The molecule has 1 aromatic carbocycles. The van der Waals surface area contributed by atoms with Gasteiger partial charge in [0.25, 0.3) is 10.0 Å². The van der Waals surface area contributed by atoms with Crippen molar-refractivity contribution in [2.75, 3.05) is 17.6 Å². The molecular weight excluding hydrogens is 360 g/mol. The van der Waals surface area contributed by atoms with Crippen LogP contribution >= 0.6 is 11.8 Å². The smallest absolute Gasteiger partial charge is 0.263 e. The lowest BCUT2D eigenvalue weighted by Gasteiger charge is -2.04. The first-order chi connectivity index (χ1) is 12.0. The largest absolute Gasteiger partial charge is 0.323 e. The van der Waals surface area contributed by atoms with Crippen molar-refractivity contribution in [3.8, 4) is 0 Å². The van der Waals surface area contributed by atoms with Crippen molar-refractivity contribution in [3.05, 3.63) is 48.2 Å². The average Bonchev–Trinajstić information content (AvgIpc) is 2.86. The van der Waals surface area contributed by atoms with E-state index in [2.05, 4.69) is 20.0 Å². The molecule has 0 aliphatic carbocycles. The number of anilines is 1. The third-order valence-corrected chi connectivity index (χ3v) is 5.58. The van der Waals surface area contributed by atoms with Gasteiger partial charge in [-0.3, -0.25) is 14.5 Å². The Morgan fingerprint density at radius 1 is 1.28 bits per heavy atom. The summed E-state index contributed by atoms with van der Waals surface area (Å²) >= 11 is 1.61. The predicted octanol–water partition coefficient (Wildman–Crippen LogP) is 1.87. The van der Waals surface area contributed by atoms with Gasteiger partial charge >= 0.3 is 0 Å². The number of nitrogens with zero attached hydrogens (tertiary/aromatic N) is 2. The van der Waals surface area contributed by atoms with Gasteiger partial charge in [0.05, 0.1) is 21.8 Å². The summed E-state index contributed by atoms with van der Waals surface area (Å²) in [4.78, 5) is 20.5. The number of carbonyl (C=O) groups is 1. The van der Waals surface area contributed by atoms with Gasteiger partial charge in [-0.1, -0.05) is 19.1 Å². The third-order valence-electron chi connectivity index (χ3n) is 3.36. The zero-order valence-corrected chi connectivity index (χ0v) is 15.0. The molecule has 2 N–H and O–H groups in total. The first-order valence-electron chi connectivity index (χ1n) is 7.55. The molecule has 0 spiro atoms. The fourth-order valence-electron chi connectivity index (χ4n) is 2.29. The molecule has 0 saturated heterocycles. The van der Waals surface area contributed by atoms with E-state index >= 15 is 0 Å². The van der Waals surface area contributed by atoms with Gasteiger partial charge in [-0.15, -0.1) is 11.8 Å². The maximum absolute atomic E-state index is 12.0. The van der Waals surface area contributed by atoms with Crippen molar-refractivity contribution in [1.29, 1.82) is 0 Å². The van der Waals surface area contributed by atoms with Gasteiger partial charge in [0.1, 0.15) is 12.4 Å². The molecule has 0 bridgehead atoms. The Bertz CT molecular complexity index is 925. The summed E-state index contributed by atoms with van der Waals surface area (Å²) in [6.07, 6.45) is 1.58. The lowest BCUT2D eigenvalue weighted by molar-refractivity contribution is -0.114. The van der Waals surface area contributed by atoms with E-state index in [1.165, 1.54) is 6.07 Å². The van der Waals surface area contributed by atoms with Crippen LogP contribution in [-0.2, 0) is 14.8 Å². The van der Waals surface area contributed by atoms with Crippen LogP contribution in [0.2, 0.25) is 0 Å². The number of sulfonamides is 1. The zero-order chi connectivity index (χ0) is 17.9. The summed E-state index contributed by atoms with van der Waals surface area (Å²) in [5.41, 5.74) is 1.04. The molecule has 1 amide bonds. The molecule has 1 aromatic heterocycles. The Balaban J connectivity index is 1.67. The minimum Gasteiger partial charge on any atom is -0.323 e. The summed E-state index contributed by atoms with van der Waals surface area (Å²) in [6.45, 7) is 1.84. The highest BCUT2D eigenvalue weighted by Crippen LogP contribution is 2.22. The number of nitrogens with one attached hydrogen (secondary N) is 2. The van der Waals surface area contributed by atoms with Gasteiger partial charge in [0.2, 0.25) is 5.91 Å². The third kappa shape index (κ3) is 3.99. The number of rotatable bonds is 5. The second-order valence-corrected chi connectivity index (χ2v) is 8.07. The maximum atomic E-state index is 12.0. The number of amides is 1. The van der Waals surface area contributed by atoms with Crippen LogP contribution in [0.4, 0.5) is 5.69 Å². The fourth-order valence-corrected chi connectivity index (χ4v) is 4.13. The number of amidine groups is 1. The second kappa shape index (κ2) is 7.24. The van der Waals surface area contributed by atoms with E-state index in [0.717, 1.165) is 10.8 Å². The highest BCUT2D eigenvalue weighted by atomic mass is 32.2. The highest BCUT2D eigenvalue weighted by molar-refractivity contribution is 7.99. The monoisotopic (exact) mass is 376 g/mol. The molecule has 25 heavy (non-hydrogen) atoms. The number of hydrogen-bond acceptors (Lipinski definition) is 6. The van der Waals surface area contributed by atoms with Gasteiger partial charge < -0.3 is 5.32 Å². The molecule has 1 aliphatic heterocycles. The first-order valence-corrected chi connectivity index (χ1v) is 10.0. The van der Waals surface area contributed by atoms with Crippen LogP contribution < -0.4 is 10.0 Å². The molecule has 0 radical (unpaired) electrons. The number of aliphatic imine (C=N–C) groups is 1. The van der Waals surface area contributed by atoms with Crippen molar-refractivity contribution in [3.63, 3.8) is 0 Å². The summed E-state index contributed by atoms with van der Waals surface area (Å²) in [5.74, 6) is 0.750. The minimum atomic E-state index is -3.60. The Morgan fingerprint density at radius 2 is 2.08 bits per heavy atom. The number of hydrogen-bond donors (Lipinski definition) is 2. The maximum Gasteiger partial charge on any atom is 0.263 e. The molecule has 7 nitrogen and oxygen atoms in total. The normalized spacial score (nSPS) is 16.3. The van der Waals surface area contributed by atoms with Crippen LogP contribution in [-0.4, -0.2) is 37.4 Å². The molecule has 2 heterocycles. The average molecular weight is 376 g/mol. The van der Waals surface area contributed by atoms with E-state index in [4.69, 9.17) is 0 Å². The number of aromatic nitrogens is 1. The van der Waals surface area contributed by atoms with E-state index in [9.17, 15) is 13.2 Å². The SMILES string of the molecule is CCSc1ccc(NC(=O)CN=C2NS(=O)(=O)c3ccccc32)cn1. The molecule has 0 unspecified atom stereocenters. The number of thioether (sulfide) groups is 1. The zero-order valence-electron chi connectivity index (χ0n) is 13.4. The number of fused-ring (bicyclic) bond motifs is 1. The van der Waals surface area contributed by atoms with E-state index in [0.29, 0.717) is 11.3 Å². The number of benzene rings is 1. The second-order valence-electron chi connectivity index (χ2n) is 5.13. The molecule has 2 aromatic rings. The summed E-state index contributed by atoms with van der Waals surface area (Å²) in [6, 6.07) is 10.1. The number of carbonyl (C=O) groups excluding carboxylic acids is 1. The van der Waals surface area contributed by atoms with Gasteiger partial charge in [-0.2, -0.15) is 0 Å². The van der Waals surface area contributed by atoms with E-state index in [-0.39, 0.29) is 23.2 Å². The molecule has 9 heteroatoms. The lowest BCUT2D eigenvalue weighted by Crippen LogP contribution is -2.24. The Hall–Kier alpha value is -2.39. The Kier molecular flexibility index (Phi) is 5.05. The molecule has 1 aliphatic rings. The van der Waals surface area contributed by atoms with Crippen molar-refractivity contribution in [1.82, 2.24) is 9.71 Å². The molecule has 0 fully saturated rings. The summed E-state index contributed by atoms with van der Waals surface area (Å²) in [7, 11) is -3.60. The molecule has 130 valence electrons. The van der Waals surface area contributed by atoms with Crippen LogP contribution in [0.3, 0.4) is 0 Å². The van der Waals surface area contributed by atoms with Crippen LogP contribution in [0.1, 0.15) is 12.5 Å². The Labute approximate surface area is 150 Å². The minimum absolute atomic E-state index is 0.169. The van der Waals surface area contributed by atoms with Gasteiger partial charge in [0.15, 0.2) is 0 Å². The number of pyridine rings is 1. The molecule has 0 saturated carbocycles. The standard InChI is InChI=1S/C16H16N4O3S2/c1-2-24-15-8-7-11(9-17-15)19-14(21)10-18-16-12-5-3-4-6-13(12)25(22,23)20-16/h3-9H,2,10H2,1H3,(H,18,20)(H,19,21). The lowest BCUT2D eigenvalue weighted by atomic mass is 10.2. The predicted molar refractivity (Wildman–Crippen MR) is 97.4 cm³/mol.